The minimum Gasteiger partial charge on any atom is -0.497 e. The number of esters is 1. The highest BCUT2D eigenvalue weighted by molar-refractivity contribution is 7.92. The number of hydrogen-bond acceptors (Lipinski definition) is 5. The van der Waals surface area contributed by atoms with E-state index in [1.54, 1.807) is 0 Å². The molecule has 0 aliphatic rings. The van der Waals surface area contributed by atoms with E-state index in [4.69, 9.17) is 4.74 Å². The van der Waals surface area contributed by atoms with E-state index in [0.29, 0.717) is 5.75 Å². The Kier molecular flexibility index (Phi) is 5.08. The van der Waals surface area contributed by atoms with Gasteiger partial charge in [-0.3, -0.25) is 4.72 Å². The molecule has 0 saturated heterocycles. The van der Waals surface area contributed by atoms with Crippen LogP contribution in [0.3, 0.4) is 0 Å². The van der Waals surface area contributed by atoms with Crippen LogP contribution >= 0.6 is 0 Å². The second kappa shape index (κ2) is 6.88. The van der Waals surface area contributed by atoms with Gasteiger partial charge in [0.1, 0.15) is 11.6 Å². The Bertz CT molecular complexity index is 880. The highest BCUT2D eigenvalue weighted by Gasteiger charge is 2.21. The number of hydrogen-bond donors (Lipinski definition) is 1. The predicted molar refractivity (Wildman–Crippen MR) is 86.3 cm³/mol. The van der Waals surface area contributed by atoms with Gasteiger partial charge < -0.3 is 9.47 Å². The fraction of sp³-hybridized carbons (Fsp3) is 0.188. The summed E-state index contributed by atoms with van der Waals surface area (Å²) in [7, 11) is -1.41. The second-order valence-corrected chi connectivity index (χ2v) is 6.57. The first-order chi connectivity index (χ1) is 11.3. The number of halogens is 1. The van der Waals surface area contributed by atoms with Crippen LogP contribution in [0, 0.1) is 12.7 Å². The van der Waals surface area contributed by atoms with Crippen molar-refractivity contribution in [1.29, 1.82) is 0 Å². The zero-order chi connectivity index (χ0) is 17.9. The number of ether oxygens (including phenoxy) is 2. The number of methoxy groups -OCH3 is 2. The number of rotatable bonds is 5. The molecule has 24 heavy (non-hydrogen) atoms. The number of aryl methyl sites for hydroxylation is 1. The highest BCUT2D eigenvalue weighted by atomic mass is 32.2. The van der Waals surface area contributed by atoms with E-state index in [0.717, 1.165) is 18.2 Å². The Morgan fingerprint density at radius 1 is 1.12 bits per heavy atom. The fourth-order valence-corrected chi connectivity index (χ4v) is 3.44. The Balaban J connectivity index is 2.48. The zero-order valence-corrected chi connectivity index (χ0v) is 14.1. The van der Waals surface area contributed by atoms with Gasteiger partial charge in [-0.1, -0.05) is 0 Å². The molecule has 0 fully saturated rings. The van der Waals surface area contributed by atoms with Gasteiger partial charge in [-0.05, 0) is 48.9 Å². The molecule has 1 N–H and O–H groups in total. The summed E-state index contributed by atoms with van der Waals surface area (Å²) in [6.45, 7) is 1.48. The topological polar surface area (TPSA) is 81.7 Å². The third-order valence-electron chi connectivity index (χ3n) is 3.30. The zero-order valence-electron chi connectivity index (χ0n) is 13.3. The van der Waals surface area contributed by atoms with Crippen LogP contribution in [0.2, 0.25) is 0 Å². The van der Waals surface area contributed by atoms with Crippen molar-refractivity contribution in [2.45, 2.75) is 11.8 Å². The largest absolute Gasteiger partial charge is 0.497 e. The van der Waals surface area contributed by atoms with E-state index in [1.807, 2.05) is 0 Å². The molecule has 0 aliphatic carbocycles. The van der Waals surface area contributed by atoms with Crippen molar-refractivity contribution in [3.63, 3.8) is 0 Å². The van der Waals surface area contributed by atoms with Gasteiger partial charge in [-0.15, -0.1) is 0 Å². The summed E-state index contributed by atoms with van der Waals surface area (Å²) in [4.78, 5) is 11.8. The van der Waals surface area contributed by atoms with Gasteiger partial charge >= 0.3 is 5.97 Å². The van der Waals surface area contributed by atoms with Crippen LogP contribution in [0.25, 0.3) is 0 Å². The van der Waals surface area contributed by atoms with E-state index in [2.05, 4.69) is 9.46 Å². The van der Waals surface area contributed by atoms with Gasteiger partial charge in [0.05, 0.1) is 30.4 Å². The Hall–Kier alpha value is -2.61. The standard InChI is InChI=1S/C16H16FNO5S/c1-10-8-11(17)4-7-15(10)24(20,21)18-14-6-5-12(22-2)9-13(14)16(19)23-3/h4-9,18H,1-3H3. The van der Waals surface area contributed by atoms with Gasteiger partial charge in [0.2, 0.25) is 0 Å². The predicted octanol–water partition coefficient (Wildman–Crippen LogP) is 2.73. The molecule has 2 rings (SSSR count). The van der Waals surface area contributed by atoms with Crippen molar-refractivity contribution in [2.24, 2.45) is 0 Å². The summed E-state index contributed by atoms with van der Waals surface area (Å²) in [5.74, 6) is -0.884. The van der Waals surface area contributed by atoms with E-state index < -0.39 is 21.8 Å². The third-order valence-corrected chi connectivity index (χ3v) is 4.83. The number of sulfonamides is 1. The maximum atomic E-state index is 13.2. The van der Waals surface area contributed by atoms with Crippen LogP contribution in [0.5, 0.6) is 5.75 Å². The van der Waals surface area contributed by atoms with Crippen LogP contribution in [-0.2, 0) is 14.8 Å². The molecular formula is C16H16FNO5S. The SMILES string of the molecule is COC(=O)c1cc(OC)ccc1NS(=O)(=O)c1ccc(F)cc1C. The summed E-state index contributed by atoms with van der Waals surface area (Å²) >= 11 is 0. The highest BCUT2D eigenvalue weighted by Crippen LogP contribution is 2.26. The van der Waals surface area contributed by atoms with Gasteiger partial charge in [0.25, 0.3) is 10.0 Å². The van der Waals surface area contributed by atoms with Gasteiger partial charge in [-0.25, -0.2) is 17.6 Å². The van der Waals surface area contributed by atoms with E-state index >= 15 is 0 Å². The van der Waals surface area contributed by atoms with Crippen molar-refractivity contribution >= 4 is 21.7 Å². The number of benzene rings is 2. The monoisotopic (exact) mass is 353 g/mol. The molecule has 0 unspecified atom stereocenters. The molecule has 2 aromatic carbocycles. The lowest BCUT2D eigenvalue weighted by Gasteiger charge is -2.14. The minimum atomic E-state index is -4.01. The normalized spacial score (nSPS) is 11.0. The number of anilines is 1. The molecule has 0 saturated carbocycles. The average Bonchev–Trinajstić information content (AvgIpc) is 2.53. The molecule has 0 bridgehead atoms. The van der Waals surface area contributed by atoms with E-state index in [9.17, 15) is 17.6 Å². The molecule has 0 radical (unpaired) electrons. The number of carbonyl (C=O) groups is 1. The second-order valence-electron chi connectivity index (χ2n) is 4.92. The lowest BCUT2D eigenvalue weighted by molar-refractivity contribution is 0.0601. The first-order valence-corrected chi connectivity index (χ1v) is 8.32. The van der Waals surface area contributed by atoms with Gasteiger partial charge in [0, 0.05) is 0 Å². The lowest BCUT2D eigenvalue weighted by atomic mass is 10.2. The average molecular weight is 353 g/mol. The molecule has 8 heteroatoms. The lowest BCUT2D eigenvalue weighted by Crippen LogP contribution is -2.17. The Morgan fingerprint density at radius 3 is 2.42 bits per heavy atom. The molecule has 128 valence electrons. The van der Waals surface area contributed by atoms with Gasteiger partial charge in [0.15, 0.2) is 0 Å². The molecule has 0 aromatic heterocycles. The number of nitrogens with one attached hydrogen (secondary N) is 1. The van der Waals surface area contributed by atoms with Crippen LogP contribution in [0.1, 0.15) is 15.9 Å². The summed E-state index contributed by atoms with van der Waals surface area (Å²) in [5, 5.41) is 0. The number of carbonyl (C=O) groups excluding carboxylic acids is 1. The van der Waals surface area contributed by atoms with Crippen molar-refractivity contribution in [1.82, 2.24) is 0 Å². The quantitative estimate of drug-likeness (QED) is 0.836. The molecule has 2 aromatic rings. The molecule has 0 spiro atoms. The Labute approximate surface area is 139 Å². The van der Waals surface area contributed by atoms with Crippen molar-refractivity contribution in [3.05, 3.63) is 53.3 Å². The molecule has 0 aliphatic heterocycles. The van der Waals surface area contributed by atoms with Crippen LogP contribution < -0.4 is 9.46 Å². The van der Waals surface area contributed by atoms with E-state index in [-0.39, 0.29) is 21.7 Å². The van der Waals surface area contributed by atoms with E-state index in [1.165, 1.54) is 39.3 Å². The van der Waals surface area contributed by atoms with Crippen LogP contribution in [0.4, 0.5) is 10.1 Å². The van der Waals surface area contributed by atoms with Crippen molar-refractivity contribution in [3.8, 4) is 5.75 Å². The molecule has 6 nitrogen and oxygen atoms in total. The van der Waals surface area contributed by atoms with Crippen molar-refractivity contribution < 1.29 is 27.1 Å². The fourth-order valence-electron chi connectivity index (χ4n) is 2.13. The molecule has 0 heterocycles. The summed E-state index contributed by atoms with van der Waals surface area (Å²) < 4.78 is 50.2. The maximum absolute atomic E-state index is 13.2. The van der Waals surface area contributed by atoms with Gasteiger partial charge in [-0.2, -0.15) is 0 Å². The maximum Gasteiger partial charge on any atom is 0.340 e. The first-order valence-electron chi connectivity index (χ1n) is 6.84. The summed E-state index contributed by atoms with van der Waals surface area (Å²) in [5.41, 5.74) is 0.280. The summed E-state index contributed by atoms with van der Waals surface area (Å²) in [6, 6.07) is 7.58. The molecule has 0 atom stereocenters. The van der Waals surface area contributed by atoms with Crippen molar-refractivity contribution in [2.75, 3.05) is 18.9 Å². The third kappa shape index (κ3) is 3.65. The molecular weight excluding hydrogens is 337 g/mol. The Morgan fingerprint density at radius 2 is 1.83 bits per heavy atom. The minimum absolute atomic E-state index is 0.000176. The van der Waals surface area contributed by atoms with Crippen LogP contribution in [-0.4, -0.2) is 28.6 Å². The molecule has 0 amide bonds. The smallest absolute Gasteiger partial charge is 0.340 e. The first kappa shape index (κ1) is 17.7. The van der Waals surface area contributed by atoms with Crippen LogP contribution in [0.15, 0.2) is 41.3 Å². The summed E-state index contributed by atoms with van der Waals surface area (Å²) in [6.07, 6.45) is 0.